The Morgan fingerprint density at radius 1 is 1.00 bits per heavy atom. The van der Waals surface area contributed by atoms with Gasteiger partial charge < -0.3 is 0 Å². The minimum absolute atomic E-state index is 0.152. The maximum absolute atomic E-state index is 13.8. The number of hydrogen-bond acceptors (Lipinski definition) is 1. The van der Waals surface area contributed by atoms with Gasteiger partial charge in [0, 0.05) is 11.1 Å². The van der Waals surface area contributed by atoms with Crippen LogP contribution in [0.15, 0.2) is 6.07 Å². The van der Waals surface area contributed by atoms with Crippen LogP contribution in [0.25, 0.3) is 10.9 Å². The Kier molecular flexibility index (Phi) is 3.13. The molecule has 2 aromatic rings. The summed E-state index contributed by atoms with van der Waals surface area (Å²) in [7, 11) is 0. The predicted octanol–water partition coefficient (Wildman–Crippen LogP) is 4.57. The van der Waals surface area contributed by atoms with E-state index in [4.69, 9.17) is 11.6 Å². The molecule has 1 aliphatic rings. The fourth-order valence-corrected chi connectivity index (χ4v) is 2.93. The van der Waals surface area contributed by atoms with Crippen molar-refractivity contribution in [2.45, 2.75) is 32.1 Å². The van der Waals surface area contributed by atoms with Gasteiger partial charge in [-0.05, 0) is 37.3 Å². The number of halogens is 4. The second-order valence-electron chi connectivity index (χ2n) is 4.79. The molecule has 100 valence electrons. The van der Waals surface area contributed by atoms with Gasteiger partial charge in [-0.2, -0.15) is 0 Å². The number of hydrogen-bond donors (Lipinski definition) is 0. The van der Waals surface area contributed by atoms with Crippen molar-refractivity contribution in [3.63, 3.8) is 0 Å². The topological polar surface area (TPSA) is 12.9 Å². The quantitative estimate of drug-likeness (QED) is 0.510. The SMILES string of the molecule is Fc1cc2c(Cl)c3c(nc2c(F)c1F)CCCCC3. The van der Waals surface area contributed by atoms with Crippen molar-refractivity contribution in [3.05, 3.63) is 39.8 Å². The van der Waals surface area contributed by atoms with E-state index in [1.165, 1.54) is 0 Å². The smallest absolute Gasteiger partial charge is 0.196 e. The molecule has 0 unspecified atom stereocenters. The van der Waals surface area contributed by atoms with Crippen LogP contribution >= 0.6 is 11.6 Å². The van der Waals surface area contributed by atoms with Crippen molar-refractivity contribution in [1.29, 1.82) is 0 Å². The lowest BCUT2D eigenvalue weighted by atomic mass is 10.0. The summed E-state index contributed by atoms with van der Waals surface area (Å²) in [5, 5.41) is 0.457. The Hall–Kier alpha value is -1.29. The van der Waals surface area contributed by atoms with Gasteiger partial charge in [-0.3, -0.25) is 0 Å². The fraction of sp³-hybridized carbons (Fsp3) is 0.357. The molecule has 1 nitrogen and oxygen atoms in total. The lowest BCUT2D eigenvalue weighted by molar-refractivity contribution is 0.452. The van der Waals surface area contributed by atoms with Crippen molar-refractivity contribution in [2.75, 3.05) is 0 Å². The number of aromatic nitrogens is 1. The third-order valence-corrected chi connectivity index (χ3v) is 4.01. The zero-order chi connectivity index (χ0) is 13.6. The minimum Gasteiger partial charge on any atom is -0.249 e. The standard InChI is InChI=1S/C14H11ClF3N/c15-11-7-4-2-1-3-5-10(7)19-14-8(11)6-9(16)12(17)13(14)18/h6H,1-5H2. The first kappa shape index (κ1) is 12.7. The van der Waals surface area contributed by atoms with Gasteiger partial charge in [-0.15, -0.1) is 0 Å². The van der Waals surface area contributed by atoms with Crippen LogP contribution in [-0.2, 0) is 12.8 Å². The molecule has 0 saturated heterocycles. The number of pyridine rings is 1. The largest absolute Gasteiger partial charge is 0.249 e. The molecule has 1 heterocycles. The first-order valence-corrected chi connectivity index (χ1v) is 6.62. The van der Waals surface area contributed by atoms with E-state index >= 15 is 0 Å². The minimum atomic E-state index is -1.50. The normalized spacial score (nSPS) is 15.4. The fourth-order valence-electron chi connectivity index (χ4n) is 2.59. The van der Waals surface area contributed by atoms with Crippen LogP contribution in [0.3, 0.4) is 0 Å². The molecule has 1 aliphatic carbocycles. The monoisotopic (exact) mass is 285 g/mol. The lowest BCUT2D eigenvalue weighted by Crippen LogP contribution is -2.02. The third-order valence-electron chi connectivity index (χ3n) is 3.57. The van der Waals surface area contributed by atoms with Crippen molar-refractivity contribution >= 4 is 22.5 Å². The average Bonchev–Trinajstić information content (AvgIpc) is 2.63. The highest BCUT2D eigenvalue weighted by atomic mass is 35.5. The highest BCUT2D eigenvalue weighted by molar-refractivity contribution is 6.36. The molecule has 0 N–H and O–H groups in total. The Bertz CT molecular complexity index is 670. The van der Waals surface area contributed by atoms with E-state index in [9.17, 15) is 13.2 Å². The maximum atomic E-state index is 13.8. The Balaban J connectivity index is 2.37. The van der Waals surface area contributed by atoms with Gasteiger partial charge in [0.1, 0.15) is 5.52 Å². The van der Waals surface area contributed by atoms with Crippen LogP contribution in [0.2, 0.25) is 5.02 Å². The number of aryl methyl sites for hydroxylation is 1. The van der Waals surface area contributed by atoms with Gasteiger partial charge in [-0.25, -0.2) is 18.2 Å². The Labute approximate surface area is 113 Å². The molecular weight excluding hydrogens is 275 g/mol. The van der Waals surface area contributed by atoms with Crippen LogP contribution in [0, 0.1) is 17.5 Å². The molecule has 0 amide bonds. The summed E-state index contributed by atoms with van der Waals surface area (Å²) >= 11 is 6.23. The number of fused-ring (bicyclic) bond motifs is 2. The molecule has 0 fully saturated rings. The van der Waals surface area contributed by atoms with Crippen molar-refractivity contribution < 1.29 is 13.2 Å². The zero-order valence-electron chi connectivity index (χ0n) is 10.1. The summed E-state index contributed by atoms with van der Waals surface area (Å²) in [5.41, 5.74) is 1.38. The third kappa shape index (κ3) is 1.98. The summed E-state index contributed by atoms with van der Waals surface area (Å²) in [4.78, 5) is 4.17. The first-order chi connectivity index (χ1) is 9.09. The second-order valence-corrected chi connectivity index (χ2v) is 5.17. The van der Waals surface area contributed by atoms with Gasteiger partial charge >= 0.3 is 0 Å². The number of nitrogens with zero attached hydrogens (tertiary/aromatic N) is 1. The molecule has 0 aliphatic heterocycles. The van der Waals surface area contributed by atoms with Crippen LogP contribution in [0.1, 0.15) is 30.5 Å². The molecule has 3 rings (SSSR count). The highest BCUT2D eigenvalue weighted by Gasteiger charge is 2.21. The van der Waals surface area contributed by atoms with E-state index in [1.54, 1.807) is 0 Å². The van der Waals surface area contributed by atoms with E-state index in [0.717, 1.165) is 37.3 Å². The van der Waals surface area contributed by atoms with Crippen molar-refractivity contribution in [2.24, 2.45) is 0 Å². The Morgan fingerprint density at radius 3 is 2.53 bits per heavy atom. The lowest BCUT2D eigenvalue weighted by Gasteiger charge is -2.11. The molecule has 0 atom stereocenters. The summed E-state index contributed by atoms with van der Waals surface area (Å²) in [6.45, 7) is 0. The molecule has 0 spiro atoms. The molecular formula is C14H11ClF3N. The maximum Gasteiger partial charge on any atom is 0.196 e. The van der Waals surface area contributed by atoms with E-state index in [0.29, 0.717) is 17.1 Å². The summed E-state index contributed by atoms with van der Waals surface area (Å²) < 4.78 is 40.3. The molecule has 0 bridgehead atoms. The number of benzene rings is 1. The van der Waals surface area contributed by atoms with E-state index in [2.05, 4.69) is 4.98 Å². The van der Waals surface area contributed by atoms with Crippen LogP contribution in [0.5, 0.6) is 0 Å². The van der Waals surface area contributed by atoms with Crippen LogP contribution < -0.4 is 0 Å². The molecule has 0 saturated carbocycles. The first-order valence-electron chi connectivity index (χ1n) is 6.24. The van der Waals surface area contributed by atoms with E-state index in [-0.39, 0.29) is 10.9 Å². The summed E-state index contributed by atoms with van der Waals surface area (Å²) in [6, 6.07) is 0.925. The molecule has 1 aromatic heterocycles. The van der Waals surface area contributed by atoms with Gasteiger partial charge in [0.05, 0.1) is 5.02 Å². The van der Waals surface area contributed by atoms with E-state index < -0.39 is 17.5 Å². The van der Waals surface area contributed by atoms with Gasteiger partial charge in [0.15, 0.2) is 17.5 Å². The molecule has 5 heteroatoms. The van der Waals surface area contributed by atoms with Gasteiger partial charge in [0.2, 0.25) is 0 Å². The molecule has 19 heavy (non-hydrogen) atoms. The summed E-state index contributed by atoms with van der Waals surface area (Å²) in [6.07, 6.45) is 4.43. The van der Waals surface area contributed by atoms with Crippen molar-refractivity contribution in [1.82, 2.24) is 4.98 Å². The van der Waals surface area contributed by atoms with Crippen molar-refractivity contribution in [3.8, 4) is 0 Å². The highest BCUT2D eigenvalue weighted by Crippen LogP contribution is 2.34. The van der Waals surface area contributed by atoms with Gasteiger partial charge in [-0.1, -0.05) is 18.0 Å². The Morgan fingerprint density at radius 2 is 1.74 bits per heavy atom. The predicted molar refractivity (Wildman–Crippen MR) is 67.9 cm³/mol. The zero-order valence-corrected chi connectivity index (χ0v) is 10.8. The van der Waals surface area contributed by atoms with Crippen LogP contribution in [0.4, 0.5) is 13.2 Å². The second kappa shape index (κ2) is 4.67. The van der Waals surface area contributed by atoms with Gasteiger partial charge in [0.25, 0.3) is 0 Å². The number of rotatable bonds is 0. The van der Waals surface area contributed by atoms with Crippen LogP contribution in [-0.4, -0.2) is 4.98 Å². The average molecular weight is 286 g/mol. The van der Waals surface area contributed by atoms with E-state index in [1.807, 2.05) is 0 Å². The molecule has 1 aromatic carbocycles. The molecule has 0 radical (unpaired) electrons. The summed E-state index contributed by atoms with van der Waals surface area (Å²) in [5.74, 6) is -3.99.